The summed E-state index contributed by atoms with van der Waals surface area (Å²) in [6.07, 6.45) is -1.04. The number of carbonyl (C=O) groups is 3. The quantitative estimate of drug-likeness (QED) is 0.592. The number of aliphatic hydroxyl groups is 1. The molecule has 1 atom stereocenters. The molecule has 2 heterocycles. The lowest BCUT2D eigenvalue weighted by Gasteiger charge is -2.34. The van der Waals surface area contributed by atoms with E-state index in [-0.39, 0.29) is 31.9 Å². The first kappa shape index (κ1) is 21.2. The lowest BCUT2D eigenvalue weighted by molar-refractivity contribution is -0.135. The van der Waals surface area contributed by atoms with Gasteiger partial charge in [0.2, 0.25) is 5.91 Å². The van der Waals surface area contributed by atoms with E-state index in [1.54, 1.807) is 0 Å². The molecule has 0 unspecified atom stereocenters. The van der Waals surface area contributed by atoms with Gasteiger partial charge in [0, 0.05) is 31.7 Å². The predicted octanol–water partition coefficient (Wildman–Crippen LogP) is 1.49. The van der Waals surface area contributed by atoms with Crippen LogP contribution >= 0.6 is 27.3 Å². The normalized spacial score (nSPS) is 15.1. The third kappa shape index (κ3) is 4.92. The van der Waals surface area contributed by atoms with Crippen molar-refractivity contribution in [2.75, 3.05) is 32.8 Å². The second-order valence-corrected chi connectivity index (χ2v) is 8.63. The molecule has 0 bridgehead atoms. The monoisotopic (exact) mass is 482 g/mol. The molecular formula is C18H19BrN4O5S. The first-order valence-corrected chi connectivity index (χ1v) is 10.4. The van der Waals surface area contributed by atoms with Crippen LogP contribution in [0.25, 0.3) is 10.6 Å². The number of benzene rings is 1. The Morgan fingerprint density at radius 2 is 1.76 bits per heavy atom. The number of aromatic nitrogens is 1. The van der Waals surface area contributed by atoms with Gasteiger partial charge in [-0.2, -0.15) is 0 Å². The summed E-state index contributed by atoms with van der Waals surface area (Å²) in [5.41, 5.74) is 0.999. The topological polar surface area (TPSA) is 123 Å². The van der Waals surface area contributed by atoms with Crippen molar-refractivity contribution in [3.8, 4) is 10.6 Å². The molecule has 3 N–H and O–H groups in total. The number of aliphatic hydroxyl groups excluding tert-OH is 1. The smallest absolute Gasteiger partial charge is 0.407 e. The van der Waals surface area contributed by atoms with Crippen LogP contribution in [-0.2, 0) is 4.79 Å². The summed E-state index contributed by atoms with van der Waals surface area (Å²) >= 11 is 4.63. The average Bonchev–Trinajstić information content (AvgIpc) is 3.14. The van der Waals surface area contributed by atoms with Crippen molar-refractivity contribution >= 4 is 45.2 Å². The minimum Gasteiger partial charge on any atom is -0.465 e. The van der Waals surface area contributed by atoms with E-state index < -0.39 is 30.6 Å². The molecule has 0 aliphatic carbocycles. The number of hydrogen-bond acceptors (Lipinski definition) is 6. The lowest BCUT2D eigenvalue weighted by atomic mass is 10.2. The van der Waals surface area contributed by atoms with Crippen LogP contribution in [0.5, 0.6) is 0 Å². The summed E-state index contributed by atoms with van der Waals surface area (Å²) in [5.74, 6) is -1.03. The zero-order chi connectivity index (χ0) is 21.0. The van der Waals surface area contributed by atoms with E-state index in [0.29, 0.717) is 8.79 Å². The molecule has 1 fully saturated rings. The highest BCUT2D eigenvalue weighted by atomic mass is 79.9. The van der Waals surface area contributed by atoms with Gasteiger partial charge in [-0.05, 0) is 15.9 Å². The second kappa shape index (κ2) is 9.33. The zero-order valence-electron chi connectivity index (χ0n) is 15.2. The Hall–Kier alpha value is -2.50. The molecule has 0 saturated carbocycles. The minimum absolute atomic E-state index is 0.135. The molecule has 11 heteroatoms. The number of nitrogens with zero attached hydrogens (tertiary/aromatic N) is 3. The minimum atomic E-state index is -1.13. The molecule has 1 aromatic carbocycles. The van der Waals surface area contributed by atoms with Gasteiger partial charge in [-0.3, -0.25) is 9.59 Å². The second-order valence-electron chi connectivity index (χ2n) is 6.31. The highest BCUT2D eigenvalue weighted by Gasteiger charge is 2.30. The van der Waals surface area contributed by atoms with E-state index in [4.69, 9.17) is 5.11 Å². The maximum absolute atomic E-state index is 12.6. The molecule has 9 nitrogen and oxygen atoms in total. The summed E-state index contributed by atoms with van der Waals surface area (Å²) in [6, 6.07) is 8.25. The summed E-state index contributed by atoms with van der Waals surface area (Å²) in [4.78, 5) is 43.3. The Morgan fingerprint density at radius 3 is 2.34 bits per heavy atom. The van der Waals surface area contributed by atoms with Crippen molar-refractivity contribution < 1.29 is 24.6 Å². The van der Waals surface area contributed by atoms with Crippen LogP contribution in [0.1, 0.15) is 10.5 Å². The van der Waals surface area contributed by atoms with Gasteiger partial charge < -0.3 is 25.3 Å². The van der Waals surface area contributed by atoms with Crippen LogP contribution in [-0.4, -0.2) is 81.7 Å². The Labute approximate surface area is 179 Å². The molecule has 1 aliphatic rings. The highest BCUT2D eigenvalue weighted by Crippen LogP contribution is 2.31. The van der Waals surface area contributed by atoms with E-state index >= 15 is 0 Å². The van der Waals surface area contributed by atoms with Gasteiger partial charge in [-0.25, -0.2) is 9.78 Å². The molecule has 1 saturated heterocycles. The number of halogens is 1. The first-order chi connectivity index (χ1) is 13.9. The maximum atomic E-state index is 12.6. The summed E-state index contributed by atoms with van der Waals surface area (Å²) in [6.45, 7) is 0.208. The van der Waals surface area contributed by atoms with Gasteiger partial charge in [0.25, 0.3) is 5.91 Å². The molecule has 1 aliphatic heterocycles. The van der Waals surface area contributed by atoms with Crippen molar-refractivity contribution in [1.29, 1.82) is 0 Å². The number of rotatable bonds is 5. The SMILES string of the molecule is O=C(N[C@@H](CO)C(=O)N1CCN(C(=O)O)CC1)c1nc(-c2ccccc2)sc1Br. The van der Waals surface area contributed by atoms with Crippen LogP contribution < -0.4 is 5.32 Å². The van der Waals surface area contributed by atoms with Gasteiger partial charge in [0.15, 0.2) is 5.69 Å². The maximum Gasteiger partial charge on any atom is 0.407 e. The van der Waals surface area contributed by atoms with Gasteiger partial charge >= 0.3 is 6.09 Å². The molecule has 1 aromatic heterocycles. The number of piperazine rings is 1. The fourth-order valence-corrected chi connectivity index (χ4v) is 4.42. The molecule has 154 valence electrons. The predicted molar refractivity (Wildman–Crippen MR) is 110 cm³/mol. The molecule has 2 aromatic rings. The Morgan fingerprint density at radius 1 is 1.14 bits per heavy atom. The third-order valence-corrected chi connectivity index (χ3v) is 6.22. The number of hydrogen-bond donors (Lipinski definition) is 3. The van der Waals surface area contributed by atoms with Crippen LogP contribution in [0.3, 0.4) is 0 Å². The average molecular weight is 483 g/mol. The van der Waals surface area contributed by atoms with Crippen LogP contribution in [0.4, 0.5) is 4.79 Å². The number of carboxylic acid groups (broad SMARTS) is 1. The Kier molecular flexibility index (Phi) is 6.83. The zero-order valence-corrected chi connectivity index (χ0v) is 17.6. The van der Waals surface area contributed by atoms with Crippen molar-refractivity contribution in [2.24, 2.45) is 0 Å². The van der Waals surface area contributed by atoms with E-state index in [2.05, 4.69) is 26.2 Å². The molecule has 0 spiro atoms. The number of carbonyl (C=O) groups excluding carboxylic acids is 2. The van der Waals surface area contributed by atoms with Gasteiger partial charge in [-0.15, -0.1) is 11.3 Å². The van der Waals surface area contributed by atoms with E-state index in [9.17, 15) is 19.5 Å². The van der Waals surface area contributed by atoms with Crippen LogP contribution in [0.15, 0.2) is 34.1 Å². The number of amides is 3. The molecule has 3 amide bonds. The van der Waals surface area contributed by atoms with Crippen LogP contribution in [0.2, 0.25) is 0 Å². The molecule has 3 rings (SSSR count). The fraction of sp³-hybridized carbons (Fsp3) is 0.333. The highest BCUT2D eigenvalue weighted by molar-refractivity contribution is 9.11. The van der Waals surface area contributed by atoms with Crippen molar-refractivity contribution in [3.63, 3.8) is 0 Å². The third-order valence-electron chi connectivity index (χ3n) is 4.47. The van der Waals surface area contributed by atoms with Crippen molar-refractivity contribution in [1.82, 2.24) is 20.1 Å². The Bertz CT molecular complexity index is 899. The van der Waals surface area contributed by atoms with Crippen molar-refractivity contribution in [3.05, 3.63) is 39.8 Å². The standard InChI is InChI=1S/C18H19BrN4O5S/c19-14-13(21-16(29-14)11-4-2-1-3-5-11)15(25)20-12(10-24)17(26)22-6-8-23(9-7-22)18(27)28/h1-5,12,24H,6-10H2,(H,20,25)(H,27,28)/t12-/m0/s1. The number of thiazole rings is 1. The van der Waals surface area contributed by atoms with Gasteiger partial charge in [0.1, 0.15) is 14.8 Å². The van der Waals surface area contributed by atoms with E-state index in [1.165, 1.54) is 21.1 Å². The lowest BCUT2D eigenvalue weighted by Crippen LogP contribution is -2.56. The number of nitrogens with one attached hydrogen (secondary N) is 1. The summed E-state index contributed by atoms with van der Waals surface area (Å²) in [7, 11) is 0. The van der Waals surface area contributed by atoms with E-state index in [1.807, 2.05) is 30.3 Å². The van der Waals surface area contributed by atoms with Crippen LogP contribution in [0, 0.1) is 0 Å². The first-order valence-electron chi connectivity index (χ1n) is 8.81. The van der Waals surface area contributed by atoms with Gasteiger partial charge in [0.05, 0.1) is 6.61 Å². The molecule has 29 heavy (non-hydrogen) atoms. The Balaban J connectivity index is 1.66. The van der Waals surface area contributed by atoms with Crippen molar-refractivity contribution in [2.45, 2.75) is 6.04 Å². The molecule has 0 radical (unpaired) electrons. The largest absolute Gasteiger partial charge is 0.465 e. The van der Waals surface area contributed by atoms with Gasteiger partial charge in [-0.1, -0.05) is 30.3 Å². The summed E-state index contributed by atoms with van der Waals surface area (Å²) < 4.78 is 0.521. The fourth-order valence-electron chi connectivity index (χ4n) is 2.90. The van der Waals surface area contributed by atoms with E-state index in [0.717, 1.165) is 5.56 Å². The molecular weight excluding hydrogens is 464 g/mol. The summed E-state index contributed by atoms with van der Waals surface area (Å²) in [5, 5.41) is 21.8.